The van der Waals surface area contributed by atoms with Crippen molar-refractivity contribution < 1.29 is 9.18 Å². The second-order valence-corrected chi connectivity index (χ2v) is 6.43. The zero-order chi connectivity index (χ0) is 18.0. The van der Waals surface area contributed by atoms with E-state index in [1.54, 1.807) is 17.2 Å². The number of carbonyl (C=O) groups is 1. The van der Waals surface area contributed by atoms with Gasteiger partial charge in [-0.1, -0.05) is 0 Å². The molecular weight excluding hydrogens is 321 g/mol. The van der Waals surface area contributed by atoms with Crippen LogP contribution in [0.4, 0.5) is 14.9 Å². The summed E-state index contributed by atoms with van der Waals surface area (Å²) in [6, 6.07) is 4.14. The molecule has 0 aliphatic carbocycles. The lowest BCUT2D eigenvalue weighted by atomic mass is 10.0. The molecule has 6 nitrogen and oxygen atoms in total. The topological polar surface area (TPSA) is 61.4 Å². The third-order valence-corrected chi connectivity index (χ3v) is 4.43. The maximum absolute atomic E-state index is 13.7. The molecule has 1 atom stereocenters. The number of hydrogen-bond acceptors (Lipinski definition) is 4. The second-order valence-electron chi connectivity index (χ2n) is 6.43. The minimum atomic E-state index is -0.314. The van der Waals surface area contributed by atoms with E-state index >= 15 is 0 Å². The van der Waals surface area contributed by atoms with Gasteiger partial charge in [-0.25, -0.2) is 19.2 Å². The maximum Gasteiger partial charge on any atom is 0.318 e. The number of fused-ring (bicyclic) bond motifs is 1. The number of nitrogens with zero attached hydrogens (tertiary/aromatic N) is 4. The molecular formula is C18H22FN5O. The standard InChI is InChI=1S/C18H22FN5O/c1-12(15-8-14(19)4-5-17(15)23(2)3)22-18(25)24-7-6-16-13(10-24)9-20-11-21-16/h4-5,8-9,11-12H,6-7,10H2,1-3H3,(H,22,25)/t12-/m0/s1. The number of anilines is 1. The first-order chi connectivity index (χ1) is 12.0. The highest BCUT2D eigenvalue weighted by Gasteiger charge is 2.23. The van der Waals surface area contributed by atoms with Gasteiger partial charge in [0.15, 0.2) is 0 Å². The van der Waals surface area contributed by atoms with E-state index in [9.17, 15) is 9.18 Å². The summed E-state index contributed by atoms with van der Waals surface area (Å²) < 4.78 is 13.7. The van der Waals surface area contributed by atoms with E-state index in [4.69, 9.17) is 0 Å². The number of rotatable bonds is 3. The molecule has 0 saturated carbocycles. The van der Waals surface area contributed by atoms with E-state index in [2.05, 4.69) is 15.3 Å². The van der Waals surface area contributed by atoms with Crippen LogP contribution in [0.15, 0.2) is 30.7 Å². The monoisotopic (exact) mass is 343 g/mol. The first-order valence-electron chi connectivity index (χ1n) is 8.25. The molecule has 25 heavy (non-hydrogen) atoms. The summed E-state index contributed by atoms with van der Waals surface area (Å²) in [5.41, 5.74) is 3.59. The summed E-state index contributed by atoms with van der Waals surface area (Å²) in [5.74, 6) is -0.314. The Bertz CT molecular complexity index is 780. The number of urea groups is 1. The van der Waals surface area contributed by atoms with Crippen LogP contribution in [0.25, 0.3) is 0 Å². The Morgan fingerprint density at radius 1 is 1.40 bits per heavy atom. The fourth-order valence-electron chi connectivity index (χ4n) is 3.07. The number of nitrogens with one attached hydrogen (secondary N) is 1. The Morgan fingerprint density at radius 3 is 2.96 bits per heavy atom. The van der Waals surface area contributed by atoms with E-state index in [0.717, 1.165) is 22.5 Å². The molecule has 2 aromatic rings. The lowest BCUT2D eigenvalue weighted by molar-refractivity contribution is 0.188. The quantitative estimate of drug-likeness (QED) is 0.930. The van der Waals surface area contributed by atoms with E-state index in [0.29, 0.717) is 19.5 Å². The lowest BCUT2D eigenvalue weighted by Gasteiger charge is -2.30. The SMILES string of the molecule is C[C@H](NC(=O)N1CCc2ncncc2C1)c1cc(F)ccc1N(C)C. The van der Waals surface area contributed by atoms with Crippen LogP contribution in [0.1, 0.15) is 29.8 Å². The highest BCUT2D eigenvalue weighted by atomic mass is 19.1. The molecule has 0 saturated heterocycles. The van der Waals surface area contributed by atoms with Gasteiger partial charge >= 0.3 is 6.03 Å². The van der Waals surface area contributed by atoms with Crippen molar-refractivity contribution in [3.8, 4) is 0 Å². The highest BCUT2D eigenvalue weighted by molar-refractivity contribution is 5.75. The summed E-state index contributed by atoms with van der Waals surface area (Å²) >= 11 is 0. The first-order valence-corrected chi connectivity index (χ1v) is 8.25. The molecule has 0 unspecified atom stereocenters. The van der Waals surface area contributed by atoms with Gasteiger partial charge in [0.1, 0.15) is 12.1 Å². The Kier molecular flexibility index (Phi) is 4.83. The number of hydrogen-bond donors (Lipinski definition) is 1. The van der Waals surface area contributed by atoms with Crippen molar-refractivity contribution in [1.82, 2.24) is 20.2 Å². The maximum atomic E-state index is 13.7. The zero-order valence-corrected chi connectivity index (χ0v) is 14.7. The fourth-order valence-corrected chi connectivity index (χ4v) is 3.07. The van der Waals surface area contributed by atoms with Crippen molar-refractivity contribution in [3.63, 3.8) is 0 Å². The number of halogens is 1. The van der Waals surface area contributed by atoms with Crippen LogP contribution in [0.2, 0.25) is 0 Å². The van der Waals surface area contributed by atoms with Crippen LogP contribution in [0.5, 0.6) is 0 Å². The normalized spacial score (nSPS) is 14.6. The summed E-state index contributed by atoms with van der Waals surface area (Å²) in [4.78, 5) is 24.5. The van der Waals surface area contributed by atoms with Gasteiger partial charge in [-0.15, -0.1) is 0 Å². The molecule has 3 rings (SSSR count). The van der Waals surface area contributed by atoms with Gasteiger partial charge in [-0.05, 0) is 25.1 Å². The van der Waals surface area contributed by atoms with Crippen molar-refractivity contribution in [1.29, 1.82) is 0 Å². The number of carbonyl (C=O) groups excluding carboxylic acids is 1. The van der Waals surface area contributed by atoms with Crippen LogP contribution in [-0.4, -0.2) is 41.5 Å². The zero-order valence-electron chi connectivity index (χ0n) is 14.7. The van der Waals surface area contributed by atoms with Gasteiger partial charge in [0.25, 0.3) is 0 Å². The summed E-state index contributed by atoms with van der Waals surface area (Å²) in [5, 5.41) is 2.97. The molecule has 1 N–H and O–H groups in total. The molecule has 1 aromatic carbocycles. The van der Waals surface area contributed by atoms with E-state index < -0.39 is 0 Å². The van der Waals surface area contributed by atoms with Gasteiger partial charge in [-0.2, -0.15) is 0 Å². The van der Waals surface area contributed by atoms with E-state index in [1.165, 1.54) is 18.5 Å². The van der Waals surface area contributed by atoms with Crippen molar-refractivity contribution in [2.75, 3.05) is 25.5 Å². The molecule has 1 aromatic heterocycles. The Hall–Kier alpha value is -2.70. The summed E-state index contributed by atoms with van der Waals surface area (Å²) in [6.07, 6.45) is 3.99. The van der Waals surface area contributed by atoms with Crippen LogP contribution in [-0.2, 0) is 13.0 Å². The molecule has 0 spiro atoms. The lowest BCUT2D eigenvalue weighted by Crippen LogP contribution is -2.44. The van der Waals surface area contributed by atoms with Crippen LogP contribution in [0, 0.1) is 5.82 Å². The smallest absolute Gasteiger partial charge is 0.318 e. The molecule has 0 fully saturated rings. The average Bonchev–Trinajstić information content (AvgIpc) is 2.60. The molecule has 7 heteroatoms. The highest BCUT2D eigenvalue weighted by Crippen LogP contribution is 2.26. The predicted molar refractivity (Wildman–Crippen MR) is 93.8 cm³/mol. The van der Waals surface area contributed by atoms with Gasteiger partial charge in [-0.3, -0.25) is 0 Å². The van der Waals surface area contributed by atoms with Crippen LogP contribution in [0.3, 0.4) is 0 Å². The van der Waals surface area contributed by atoms with Crippen molar-refractivity contribution in [3.05, 3.63) is 53.4 Å². The van der Waals surface area contributed by atoms with Crippen LogP contribution >= 0.6 is 0 Å². The van der Waals surface area contributed by atoms with E-state index in [1.807, 2.05) is 25.9 Å². The predicted octanol–water partition coefficient (Wildman–Crippen LogP) is 2.51. The molecule has 0 bridgehead atoms. The molecule has 2 heterocycles. The Balaban J connectivity index is 1.73. The number of aromatic nitrogens is 2. The van der Waals surface area contributed by atoms with E-state index in [-0.39, 0.29) is 17.9 Å². The summed E-state index contributed by atoms with van der Waals surface area (Å²) in [6.45, 7) is 2.95. The van der Waals surface area contributed by atoms with Gasteiger partial charge in [0, 0.05) is 50.1 Å². The molecule has 132 valence electrons. The molecule has 2 amide bonds. The fraction of sp³-hybridized carbons (Fsp3) is 0.389. The Morgan fingerprint density at radius 2 is 2.20 bits per heavy atom. The number of amides is 2. The Labute approximate surface area is 146 Å². The van der Waals surface area contributed by atoms with Crippen molar-refractivity contribution in [2.45, 2.75) is 25.9 Å². The minimum absolute atomic E-state index is 0.170. The largest absolute Gasteiger partial charge is 0.377 e. The number of benzene rings is 1. The van der Waals surface area contributed by atoms with Gasteiger partial charge in [0.2, 0.25) is 0 Å². The third kappa shape index (κ3) is 3.70. The minimum Gasteiger partial charge on any atom is -0.377 e. The summed E-state index contributed by atoms with van der Waals surface area (Å²) in [7, 11) is 3.79. The van der Waals surface area contributed by atoms with Crippen molar-refractivity contribution in [2.24, 2.45) is 0 Å². The first kappa shape index (κ1) is 17.1. The average molecular weight is 343 g/mol. The molecule has 1 aliphatic heterocycles. The third-order valence-electron chi connectivity index (χ3n) is 4.43. The molecule has 0 radical (unpaired) electrons. The van der Waals surface area contributed by atoms with Crippen LogP contribution < -0.4 is 10.2 Å². The van der Waals surface area contributed by atoms with Gasteiger partial charge < -0.3 is 15.1 Å². The molecule has 1 aliphatic rings. The van der Waals surface area contributed by atoms with Crippen molar-refractivity contribution >= 4 is 11.7 Å². The van der Waals surface area contributed by atoms with Gasteiger partial charge in [0.05, 0.1) is 18.3 Å². The second kappa shape index (κ2) is 7.04.